The molecule has 0 heterocycles. The van der Waals surface area contributed by atoms with Crippen LogP contribution in [0.2, 0.25) is 0 Å². The van der Waals surface area contributed by atoms with Crippen molar-refractivity contribution in [2.75, 3.05) is 0 Å². The molecular formula is C9H17AuO. The molecule has 0 aromatic carbocycles. The van der Waals surface area contributed by atoms with Crippen LogP contribution in [0.1, 0.15) is 33.6 Å². The Morgan fingerprint density at radius 2 is 1.73 bits per heavy atom. The van der Waals surface area contributed by atoms with Gasteiger partial charge < -0.3 is 6.92 Å². The summed E-state index contributed by atoms with van der Waals surface area (Å²) in [4.78, 5) is 11.0. The summed E-state index contributed by atoms with van der Waals surface area (Å²) in [6.45, 7) is 9.86. The van der Waals surface area contributed by atoms with Gasteiger partial charge >= 0.3 is 22.4 Å². The minimum absolute atomic E-state index is 0. The molecule has 1 nitrogen and oxygen atoms in total. The van der Waals surface area contributed by atoms with Gasteiger partial charge in [0.05, 0.1) is 0 Å². The van der Waals surface area contributed by atoms with Gasteiger partial charge in [0.1, 0.15) is 5.78 Å². The van der Waals surface area contributed by atoms with Gasteiger partial charge in [0.2, 0.25) is 0 Å². The smallest absolute Gasteiger partial charge is 0.340 e. The topological polar surface area (TPSA) is 17.1 Å². The normalized spacial score (nSPS) is 12.5. The average molecular weight is 338 g/mol. The molecule has 0 bridgehead atoms. The van der Waals surface area contributed by atoms with Crippen molar-refractivity contribution in [2.24, 2.45) is 11.8 Å². The van der Waals surface area contributed by atoms with E-state index in [1.165, 1.54) is 0 Å². The van der Waals surface area contributed by atoms with Crippen LogP contribution in [-0.4, -0.2) is 5.78 Å². The summed E-state index contributed by atoms with van der Waals surface area (Å²) in [7, 11) is 0. The molecule has 0 spiro atoms. The number of ketones is 1. The Labute approximate surface area is 85.5 Å². The van der Waals surface area contributed by atoms with E-state index in [-0.39, 0.29) is 28.3 Å². The van der Waals surface area contributed by atoms with Crippen molar-refractivity contribution < 1.29 is 27.2 Å². The van der Waals surface area contributed by atoms with Crippen LogP contribution in [0, 0.1) is 18.8 Å². The number of rotatable bonds is 4. The van der Waals surface area contributed by atoms with Crippen LogP contribution >= 0.6 is 0 Å². The summed E-state index contributed by atoms with van der Waals surface area (Å²) < 4.78 is 0. The van der Waals surface area contributed by atoms with Crippen molar-refractivity contribution in [3.05, 3.63) is 6.92 Å². The first kappa shape index (κ1) is 14.0. The van der Waals surface area contributed by atoms with Crippen LogP contribution in [-0.2, 0) is 27.2 Å². The molecule has 11 heavy (non-hydrogen) atoms. The molecule has 0 saturated carbocycles. The first-order valence-electron chi connectivity index (χ1n) is 3.87. The van der Waals surface area contributed by atoms with E-state index in [1.54, 1.807) is 0 Å². The van der Waals surface area contributed by atoms with E-state index >= 15 is 0 Å². The SMILES string of the molecule is [Au+].[CH2-]C(C)CC(=O)CC(C)C. The van der Waals surface area contributed by atoms with Gasteiger partial charge in [-0.3, -0.25) is 4.79 Å². The number of carbonyl (C=O) groups excluding carboxylic acids is 1. The van der Waals surface area contributed by atoms with Crippen LogP contribution in [0.4, 0.5) is 0 Å². The van der Waals surface area contributed by atoms with E-state index in [1.807, 2.05) is 6.92 Å². The summed E-state index contributed by atoms with van der Waals surface area (Å²) >= 11 is 0. The summed E-state index contributed by atoms with van der Waals surface area (Å²) in [5.74, 6) is 1.11. The first-order chi connectivity index (χ1) is 4.52. The number of hydrogen-bond acceptors (Lipinski definition) is 1. The molecule has 0 amide bonds. The Bertz CT molecular complexity index is 96.1. The zero-order valence-corrected chi connectivity index (χ0v) is 9.65. The molecule has 0 aliphatic rings. The van der Waals surface area contributed by atoms with Crippen molar-refractivity contribution in [2.45, 2.75) is 33.6 Å². The Morgan fingerprint density at radius 1 is 1.27 bits per heavy atom. The zero-order valence-electron chi connectivity index (χ0n) is 7.49. The molecule has 1 atom stereocenters. The second-order valence-electron chi connectivity index (χ2n) is 3.45. The molecule has 0 aliphatic carbocycles. The Kier molecular flexibility index (Phi) is 8.99. The molecule has 0 rings (SSSR count). The molecule has 0 N–H and O–H groups in total. The Morgan fingerprint density at radius 3 is 2.00 bits per heavy atom. The van der Waals surface area contributed by atoms with Gasteiger partial charge in [0.25, 0.3) is 0 Å². The summed E-state index contributed by atoms with van der Waals surface area (Å²) in [5.41, 5.74) is 0. The Hall–Kier alpha value is 0.410. The van der Waals surface area contributed by atoms with Crippen LogP contribution in [0.25, 0.3) is 0 Å². The molecule has 0 aromatic rings. The van der Waals surface area contributed by atoms with Gasteiger partial charge in [-0.15, -0.1) is 0 Å². The third-order valence-corrected chi connectivity index (χ3v) is 1.21. The summed E-state index contributed by atoms with van der Waals surface area (Å²) in [5, 5.41) is 0. The second-order valence-corrected chi connectivity index (χ2v) is 3.45. The fraction of sp³-hybridized carbons (Fsp3) is 0.778. The minimum atomic E-state index is 0. The zero-order chi connectivity index (χ0) is 8.15. The number of Topliss-reactive ketones (excluding diaryl/α,β-unsaturated/α-hetero) is 1. The maximum absolute atomic E-state index is 11.0. The van der Waals surface area contributed by atoms with Gasteiger partial charge in [-0.1, -0.05) is 20.8 Å². The van der Waals surface area contributed by atoms with Crippen molar-refractivity contribution in [3.8, 4) is 0 Å². The van der Waals surface area contributed by atoms with Gasteiger partial charge in [-0.05, 0) is 12.3 Å². The molecule has 0 saturated heterocycles. The molecule has 1 unspecified atom stereocenters. The van der Waals surface area contributed by atoms with Crippen molar-refractivity contribution in [3.63, 3.8) is 0 Å². The van der Waals surface area contributed by atoms with E-state index in [2.05, 4.69) is 20.8 Å². The molecule has 0 radical (unpaired) electrons. The fourth-order valence-electron chi connectivity index (χ4n) is 0.927. The standard InChI is InChI=1S/C9H17O.Au/c1-7(2)5-9(10)6-8(3)4;/h7-8H,1,5-6H2,2-4H3;/q-1;+1. The van der Waals surface area contributed by atoms with E-state index in [9.17, 15) is 4.79 Å². The van der Waals surface area contributed by atoms with Gasteiger partial charge in [0, 0.05) is 6.42 Å². The Balaban J connectivity index is 0. The third kappa shape index (κ3) is 10.4. The number of carbonyl (C=O) groups is 1. The van der Waals surface area contributed by atoms with E-state index in [4.69, 9.17) is 0 Å². The molecule has 2 heteroatoms. The monoisotopic (exact) mass is 338 g/mol. The number of hydrogen-bond donors (Lipinski definition) is 0. The van der Waals surface area contributed by atoms with E-state index in [0.717, 1.165) is 0 Å². The van der Waals surface area contributed by atoms with E-state index in [0.29, 0.717) is 24.5 Å². The predicted octanol–water partition coefficient (Wildman–Crippen LogP) is 2.46. The first-order valence-corrected chi connectivity index (χ1v) is 3.87. The van der Waals surface area contributed by atoms with Crippen molar-refractivity contribution >= 4 is 5.78 Å². The van der Waals surface area contributed by atoms with Crippen LogP contribution in [0.15, 0.2) is 0 Å². The third-order valence-electron chi connectivity index (χ3n) is 1.21. The van der Waals surface area contributed by atoms with Crippen LogP contribution in [0.3, 0.4) is 0 Å². The predicted molar refractivity (Wildman–Crippen MR) is 43.6 cm³/mol. The summed E-state index contributed by atoms with van der Waals surface area (Å²) in [6.07, 6.45) is 1.35. The maximum Gasteiger partial charge on any atom is 1.00 e. The molecule has 70 valence electrons. The molecule has 0 aliphatic heterocycles. The van der Waals surface area contributed by atoms with Crippen LogP contribution in [0.5, 0.6) is 0 Å². The van der Waals surface area contributed by atoms with Crippen molar-refractivity contribution in [1.82, 2.24) is 0 Å². The van der Waals surface area contributed by atoms with Crippen molar-refractivity contribution in [1.29, 1.82) is 0 Å². The average Bonchev–Trinajstić information content (AvgIpc) is 1.58. The molecule has 0 fully saturated rings. The van der Waals surface area contributed by atoms with Gasteiger partial charge in [-0.25, -0.2) is 0 Å². The minimum Gasteiger partial charge on any atom is -0.340 e. The van der Waals surface area contributed by atoms with Crippen LogP contribution < -0.4 is 0 Å². The fourth-order valence-corrected chi connectivity index (χ4v) is 0.927. The maximum atomic E-state index is 11.0. The van der Waals surface area contributed by atoms with Gasteiger partial charge in [0.15, 0.2) is 0 Å². The largest absolute Gasteiger partial charge is 1.00 e. The van der Waals surface area contributed by atoms with E-state index < -0.39 is 0 Å². The molecule has 0 aromatic heterocycles. The quantitative estimate of drug-likeness (QED) is 0.569. The second kappa shape index (κ2) is 7.08. The summed E-state index contributed by atoms with van der Waals surface area (Å²) in [6, 6.07) is 0. The molecular weight excluding hydrogens is 321 g/mol. The van der Waals surface area contributed by atoms with Gasteiger partial charge in [-0.2, -0.15) is 5.92 Å².